The van der Waals surface area contributed by atoms with Gasteiger partial charge in [-0.25, -0.2) is 4.79 Å². The van der Waals surface area contributed by atoms with E-state index in [1.807, 2.05) is 30.3 Å². The standard InChI is InChI=1S/C18H23N3O4/c1-2-25-18(24)20-10-8-19(9-11-20)15-12-16(22)21(17(15)23)13-14-6-4-3-5-7-14/h3-7,15H,2,8-13H2,1H3/p+1. The summed E-state index contributed by atoms with van der Waals surface area (Å²) in [6.45, 7) is 4.87. The van der Waals surface area contributed by atoms with Crippen LogP contribution in [-0.4, -0.2) is 66.5 Å². The Morgan fingerprint density at radius 1 is 1.20 bits per heavy atom. The Hall–Kier alpha value is -2.41. The molecule has 0 saturated carbocycles. The number of carbonyl (C=O) groups is 3. The van der Waals surface area contributed by atoms with Gasteiger partial charge in [0.15, 0.2) is 6.04 Å². The van der Waals surface area contributed by atoms with Gasteiger partial charge in [-0.1, -0.05) is 30.3 Å². The molecular formula is C18H24N3O4+. The number of hydrogen-bond donors (Lipinski definition) is 1. The van der Waals surface area contributed by atoms with Crippen LogP contribution in [0.25, 0.3) is 0 Å². The molecule has 1 aromatic carbocycles. The first kappa shape index (κ1) is 17.4. The Kier molecular flexibility index (Phi) is 5.33. The Morgan fingerprint density at radius 3 is 2.52 bits per heavy atom. The highest BCUT2D eigenvalue weighted by Crippen LogP contribution is 2.15. The van der Waals surface area contributed by atoms with Crippen LogP contribution in [0.1, 0.15) is 18.9 Å². The van der Waals surface area contributed by atoms with Crippen molar-refractivity contribution in [3.05, 3.63) is 35.9 Å². The van der Waals surface area contributed by atoms with E-state index in [9.17, 15) is 14.4 Å². The number of piperazine rings is 1. The predicted molar refractivity (Wildman–Crippen MR) is 89.7 cm³/mol. The van der Waals surface area contributed by atoms with Crippen LogP contribution in [0.5, 0.6) is 0 Å². The van der Waals surface area contributed by atoms with Crippen molar-refractivity contribution in [2.24, 2.45) is 0 Å². The quantitative estimate of drug-likeness (QED) is 0.758. The van der Waals surface area contributed by atoms with Gasteiger partial charge in [0.25, 0.3) is 5.91 Å². The Morgan fingerprint density at radius 2 is 1.88 bits per heavy atom. The maximum atomic E-state index is 12.7. The van der Waals surface area contributed by atoms with Gasteiger partial charge >= 0.3 is 6.09 Å². The number of ether oxygens (including phenoxy) is 1. The van der Waals surface area contributed by atoms with E-state index in [0.717, 1.165) is 10.5 Å². The van der Waals surface area contributed by atoms with Crippen molar-refractivity contribution < 1.29 is 24.0 Å². The Bertz CT molecular complexity index is 641. The summed E-state index contributed by atoms with van der Waals surface area (Å²) >= 11 is 0. The van der Waals surface area contributed by atoms with Gasteiger partial charge in [-0.3, -0.25) is 19.4 Å². The minimum atomic E-state index is -0.333. The lowest BCUT2D eigenvalue weighted by atomic mass is 10.2. The van der Waals surface area contributed by atoms with Gasteiger partial charge in [-0.2, -0.15) is 0 Å². The van der Waals surface area contributed by atoms with Crippen LogP contribution in [0.3, 0.4) is 0 Å². The summed E-state index contributed by atoms with van der Waals surface area (Å²) in [5.41, 5.74) is 0.951. The molecule has 1 N–H and O–H groups in total. The molecule has 3 rings (SSSR count). The smallest absolute Gasteiger partial charge is 0.410 e. The van der Waals surface area contributed by atoms with Crippen LogP contribution in [-0.2, 0) is 20.9 Å². The van der Waals surface area contributed by atoms with Crippen molar-refractivity contribution in [1.82, 2.24) is 9.80 Å². The second-order valence-electron chi connectivity index (χ2n) is 6.40. The third-order valence-corrected chi connectivity index (χ3v) is 4.85. The van der Waals surface area contributed by atoms with Crippen LogP contribution in [0.2, 0.25) is 0 Å². The SMILES string of the molecule is CCOC(=O)N1CC[NH+](C2CC(=O)N(Cc3ccccc3)C2=O)CC1. The number of rotatable bonds is 4. The molecule has 2 heterocycles. The number of imide groups is 1. The lowest BCUT2D eigenvalue weighted by Crippen LogP contribution is -3.19. The maximum absolute atomic E-state index is 12.7. The van der Waals surface area contributed by atoms with E-state index in [4.69, 9.17) is 4.74 Å². The summed E-state index contributed by atoms with van der Waals surface area (Å²) in [5.74, 6) is -0.215. The van der Waals surface area contributed by atoms with Crippen molar-refractivity contribution in [3.8, 4) is 0 Å². The number of nitrogens with zero attached hydrogens (tertiary/aromatic N) is 2. The van der Waals surface area contributed by atoms with Gasteiger partial charge in [-0.05, 0) is 12.5 Å². The first-order chi connectivity index (χ1) is 12.1. The molecule has 7 nitrogen and oxygen atoms in total. The molecule has 0 bridgehead atoms. The largest absolute Gasteiger partial charge is 0.450 e. The van der Waals surface area contributed by atoms with Crippen molar-refractivity contribution >= 4 is 17.9 Å². The van der Waals surface area contributed by atoms with Crippen LogP contribution >= 0.6 is 0 Å². The number of quaternary nitrogens is 1. The molecule has 0 radical (unpaired) electrons. The molecule has 2 fully saturated rings. The van der Waals surface area contributed by atoms with Crippen LogP contribution < -0.4 is 4.90 Å². The third-order valence-electron chi connectivity index (χ3n) is 4.85. The number of nitrogens with one attached hydrogen (secondary N) is 1. The molecule has 3 amide bonds. The summed E-state index contributed by atoms with van der Waals surface area (Å²) < 4.78 is 5.01. The lowest BCUT2D eigenvalue weighted by molar-refractivity contribution is -0.918. The highest BCUT2D eigenvalue weighted by atomic mass is 16.6. The normalized spacial score (nSPS) is 21.7. The summed E-state index contributed by atoms with van der Waals surface area (Å²) in [5, 5.41) is 0. The molecule has 1 unspecified atom stereocenters. The van der Waals surface area contributed by atoms with Crippen LogP contribution in [0, 0.1) is 0 Å². The molecule has 0 aromatic heterocycles. The molecule has 2 aliphatic heterocycles. The highest BCUT2D eigenvalue weighted by Gasteiger charge is 2.45. The van der Waals surface area contributed by atoms with E-state index < -0.39 is 0 Å². The van der Waals surface area contributed by atoms with Crippen molar-refractivity contribution in [2.75, 3.05) is 32.8 Å². The molecule has 25 heavy (non-hydrogen) atoms. The van der Waals surface area contributed by atoms with E-state index >= 15 is 0 Å². The van der Waals surface area contributed by atoms with E-state index in [2.05, 4.69) is 0 Å². The first-order valence-corrected chi connectivity index (χ1v) is 8.74. The highest BCUT2D eigenvalue weighted by molar-refractivity contribution is 6.04. The summed E-state index contributed by atoms with van der Waals surface area (Å²) in [4.78, 5) is 40.9. The molecule has 0 spiro atoms. The van der Waals surface area contributed by atoms with Gasteiger partial charge in [0.1, 0.15) is 0 Å². The first-order valence-electron chi connectivity index (χ1n) is 8.74. The van der Waals surface area contributed by atoms with Crippen molar-refractivity contribution in [1.29, 1.82) is 0 Å². The molecule has 134 valence electrons. The van der Waals surface area contributed by atoms with Gasteiger partial charge in [-0.15, -0.1) is 0 Å². The van der Waals surface area contributed by atoms with Gasteiger partial charge in [0.05, 0.1) is 45.8 Å². The third kappa shape index (κ3) is 3.82. The fourth-order valence-corrected chi connectivity index (χ4v) is 3.47. The van der Waals surface area contributed by atoms with Crippen molar-refractivity contribution in [3.63, 3.8) is 0 Å². The minimum Gasteiger partial charge on any atom is -0.450 e. The number of hydrogen-bond acceptors (Lipinski definition) is 4. The fraction of sp³-hybridized carbons (Fsp3) is 0.500. The Balaban J connectivity index is 1.58. The van der Waals surface area contributed by atoms with Gasteiger partial charge < -0.3 is 9.64 Å². The zero-order valence-corrected chi connectivity index (χ0v) is 14.4. The van der Waals surface area contributed by atoms with Crippen molar-refractivity contribution in [2.45, 2.75) is 25.9 Å². The monoisotopic (exact) mass is 346 g/mol. The molecule has 2 saturated heterocycles. The molecule has 1 aromatic rings. The average molecular weight is 346 g/mol. The fourth-order valence-electron chi connectivity index (χ4n) is 3.47. The molecule has 7 heteroatoms. The average Bonchev–Trinajstić information content (AvgIpc) is 2.91. The van der Waals surface area contributed by atoms with Gasteiger partial charge in [0.2, 0.25) is 5.91 Å². The van der Waals surface area contributed by atoms with E-state index in [1.54, 1.807) is 11.8 Å². The van der Waals surface area contributed by atoms with E-state index in [-0.39, 0.29) is 30.4 Å². The summed E-state index contributed by atoms with van der Waals surface area (Å²) in [6, 6.07) is 9.21. The predicted octanol–water partition coefficient (Wildman–Crippen LogP) is -0.329. The number of carbonyl (C=O) groups excluding carboxylic acids is 3. The second kappa shape index (κ2) is 7.65. The maximum Gasteiger partial charge on any atom is 0.410 e. The molecule has 1 atom stereocenters. The zero-order valence-electron chi connectivity index (χ0n) is 14.4. The molecular weight excluding hydrogens is 322 g/mol. The topological polar surface area (TPSA) is 71.4 Å². The summed E-state index contributed by atoms with van der Waals surface area (Å²) in [7, 11) is 0. The van der Waals surface area contributed by atoms with Gasteiger partial charge in [0, 0.05) is 0 Å². The van der Waals surface area contributed by atoms with E-state index in [1.165, 1.54) is 4.90 Å². The number of benzene rings is 1. The number of amides is 3. The second-order valence-corrected chi connectivity index (χ2v) is 6.40. The zero-order chi connectivity index (χ0) is 17.8. The van der Waals surface area contributed by atoms with E-state index in [0.29, 0.717) is 39.3 Å². The van der Waals surface area contributed by atoms with Crippen LogP contribution in [0.4, 0.5) is 4.79 Å². The minimum absolute atomic E-state index is 0.103. The van der Waals surface area contributed by atoms with Crippen LogP contribution in [0.15, 0.2) is 30.3 Å². The number of likely N-dealkylation sites (tertiary alicyclic amines) is 1. The molecule has 2 aliphatic rings. The molecule has 0 aliphatic carbocycles. The Labute approximate surface area is 147 Å². The summed E-state index contributed by atoms with van der Waals surface area (Å²) in [6.07, 6.45) is -0.0542. The lowest BCUT2D eigenvalue weighted by Gasteiger charge is -2.33.